The van der Waals surface area contributed by atoms with Crippen LogP contribution in [0.4, 0.5) is 28.8 Å². The van der Waals surface area contributed by atoms with Crippen LogP contribution in [0.5, 0.6) is 5.75 Å². The van der Waals surface area contributed by atoms with Crippen LogP contribution in [0.25, 0.3) is 0 Å². The van der Waals surface area contributed by atoms with Crippen LogP contribution in [0, 0.1) is 12.3 Å². The Kier molecular flexibility index (Phi) is 13.4. The zero-order valence-electron chi connectivity index (χ0n) is 36.3. The van der Waals surface area contributed by atoms with Gasteiger partial charge in [0.25, 0.3) is 11.8 Å². The third kappa shape index (κ3) is 10.7. The third-order valence-corrected chi connectivity index (χ3v) is 13.3. The third-order valence-electron chi connectivity index (χ3n) is 11.1. The molecule has 0 bridgehead atoms. The molecular weight excluding hydrogens is 841 g/mol. The number of rotatable bonds is 16. The van der Waals surface area contributed by atoms with Gasteiger partial charge in [-0.3, -0.25) is 39.0 Å². The van der Waals surface area contributed by atoms with Crippen LogP contribution in [-0.2, 0) is 29.0 Å². The summed E-state index contributed by atoms with van der Waals surface area (Å²) in [6, 6.07) is 18.0. The molecule has 17 nitrogen and oxygen atoms in total. The second-order valence-corrected chi connectivity index (χ2v) is 19.4. The van der Waals surface area contributed by atoms with E-state index in [0.717, 1.165) is 21.8 Å². The number of unbranched alkanes of at least 4 members (excludes halogenated alkanes) is 1. The smallest absolute Gasteiger partial charge is 0.266 e. The number of amides is 5. The van der Waals surface area contributed by atoms with Gasteiger partial charge in [-0.15, -0.1) is 0 Å². The van der Waals surface area contributed by atoms with Gasteiger partial charge in [0.05, 0.1) is 21.8 Å². The highest BCUT2D eigenvalue weighted by molar-refractivity contribution is 7.91. The van der Waals surface area contributed by atoms with E-state index in [2.05, 4.69) is 30.8 Å². The number of aromatic nitrogens is 2. The normalized spacial score (nSPS) is 16.7. The van der Waals surface area contributed by atoms with Crippen molar-refractivity contribution in [2.24, 2.45) is 5.41 Å². The van der Waals surface area contributed by atoms with Gasteiger partial charge in [0.15, 0.2) is 15.6 Å². The van der Waals surface area contributed by atoms with Crippen molar-refractivity contribution in [3.63, 3.8) is 0 Å². The Morgan fingerprint density at radius 3 is 2.31 bits per heavy atom. The number of fused-ring (bicyclic) bond motifs is 1. The van der Waals surface area contributed by atoms with Crippen LogP contribution < -0.4 is 25.6 Å². The number of aryl methyl sites for hydroxylation is 1. The van der Waals surface area contributed by atoms with Gasteiger partial charge < -0.3 is 25.2 Å². The molecule has 0 radical (unpaired) electrons. The number of ether oxygens (including phenoxy) is 1. The van der Waals surface area contributed by atoms with Crippen LogP contribution in [-0.4, -0.2) is 108 Å². The second kappa shape index (κ2) is 19.0. The summed E-state index contributed by atoms with van der Waals surface area (Å²) >= 11 is 0. The Hall–Kier alpha value is -6.69. The average Bonchev–Trinajstić information content (AvgIpc) is 3.51. The van der Waals surface area contributed by atoms with Crippen LogP contribution in [0.2, 0.25) is 0 Å². The zero-order valence-corrected chi connectivity index (χ0v) is 37.1. The lowest BCUT2D eigenvalue weighted by atomic mass is 10.0. The first-order valence-corrected chi connectivity index (χ1v) is 22.9. The van der Waals surface area contributed by atoms with Crippen LogP contribution in [0.15, 0.2) is 77.8 Å². The standard InChI is InChI=1S/C46H52N8O9S/c1-29-26-47-45(51-41(29)48-31-9-7-11-34(25-31)64(61,62)28-46(2,3)4)49-30-15-17-32(18-16-30)52-21-23-53(24-22-52)39(57)14-6-5-10-33(55)27-63-37-13-8-12-35-40(37)44(60)54(43(35)59)36-19-20-38(56)50-42(36)58/h7-9,11-13,15-18,25-26,36H,5-6,10,14,19-24,27-28H2,1-4H3,(H,50,56,58)(H2,47,48,49,51). The predicted molar refractivity (Wildman–Crippen MR) is 239 cm³/mol. The molecule has 3 N–H and O–H groups in total. The predicted octanol–water partition coefficient (Wildman–Crippen LogP) is 5.35. The molecule has 1 unspecified atom stereocenters. The van der Waals surface area contributed by atoms with E-state index in [4.69, 9.17) is 4.74 Å². The minimum atomic E-state index is -3.48. The molecule has 1 atom stereocenters. The average molecular weight is 893 g/mol. The highest BCUT2D eigenvalue weighted by Gasteiger charge is 2.46. The molecule has 7 rings (SSSR count). The van der Waals surface area contributed by atoms with Gasteiger partial charge in [0.2, 0.25) is 23.7 Å². The summed E-state index contributed by atoms with van der Waals surface area (Å²) < 4.78 is 31.7. The van der Waals surface area contributed by atoms with E-state index in [-0.39, 0.29) is 70.5 Å². The quantitative estimate of drug-likeness (QED) is 0.0955. The van der Waals surface area contributed by atoms with E-state index in [9.17, 15) is 37.2 Å². The Balaban J connectivity index is 0.827. The lowest BCUT2D eigenvalue weighted by Gasteiger charge is -2.36. The van der Waals surface area contributed by atoms with E-state index in [0.29, 0.717) is 62.9 Å². The molecule has 5 amide bonds. The first-order chi connectivity index (χ1) is 30.5. The Bertz CT molecular complexity index is 2590. The van der Waals surface area contributed by atoms with E-state index < -0.39 is 39.5 Å². The first-order valence-electron chi connectivity index (χ1n) is 21.3. The fourth-order valence-electron chi connectivity index (χ4n) is 7.88. The maximum atomic E-state index is 13.3. The SMILES string of the molecule is Cc1cnc(Nc2ccc(N3CCN(C(=O)CCCCC(=O)COc4cccc5c4C(=O)N(C4CCC(=O)NC4=O)C5=O)CC3)cc2)nc1Nc1cccc(S(=O)(=O)CC(C)(C)C)c1. The van der Waals surface area contributed by atoms with E-state index in [1.807, 2.05) is 56.9 Å². The van der Waals surface area contributed by atoms with Crippen molar-refractivity contribution in [2.75, 3.05) is 54.1 Å². The Labute approximate surface area is 371 Å². The fourth-order valence-corrected chi connectivity index (χ4v) is 9.78. The molecule has 4 heterocycles. The minimum absolute atomic E-state index is 0.00412. The molecule has 3 aliphatic heterocycles. The van der Waals surface area contributed by atoms with Crippen molar-refractivity contribution in [2.45, 2.75) is 77.2 Å². The number of carbonyl (C=O) groups is 6. The number of carbonyl (C=O) groups excluding carboxylic acids is 6. The number of anilines is 5. The molecule has 4 aromatic rings. The van der Waals surface area contributed by atoms with Gasteiger partial charge in [-0.2, -0.15) is 4.98 Å². The first kappa shape index (κ1) is 45.3. The van der Waals surface area contributed by atoms with E-state index in [1.165, 1.54) is 18.2 Å². The molecule has 0 spiro atoms. The number of nitrogens with zero attached hydrogens (tertiary/aromatic N) is 5. The summed E-state index contributed by atoms with van der Waals surface area (Å²) in [6.07, 6.45) is 3.20. The highest BCUT2D eigenvalue weighted by atomic mass is 32.2. The van der Waals surface area contributed by atoms with Gasteiger partial charge in [0, 0.05) is 74.3 Å². The van der Waals surface area contributed by atoms with Crippen molar-refractivity contribution in [3.8, 4) is 5.75 Å². The number of hydrogen-bond donors (Lipinski definition) is 3. The van der Waals surface area contributed by atoms with Crippen LogP contribution in [0.3, 0.4) is 0 Å². The summed E-state index contributed by atoms with van der Waals surface area (Å²) in [5.74, 6) is -1.74. The maximum Gasteiger partial charge on any atom is 0.266 e. The molecule has 0 aliphatic carbocycles. The molecular formula is C46H52N8O9S. The number of ketones is 1. The van der Waals surface area contributed by atoms with Gasteiger partial charge in [-0.1, -0.05) is 32.9 Å². The summed E-state index contributed by atoms with van der Waals surface area (Å²) in [7, 11) is -3.48. The molecule has 2 fully saturated rings. The molecule has 2 saturated heterocycles. The molecule has 336 valence electrons. The lowest BCUT2D eigenvalue weighted by Crippen LogP contribution is -2.54. The fraction of sp³-hybridized carbons (Fsp3) is 0.391. The van der Waals surface area contributed by atoms with Crippen molar-refractivity contribution in [1.29, 1.82) is 0 Å². The van der Waals surface area contributed by atoms with Crippen molar-refractivity contribution in [3.05, 3.63) is 89.6 Å². The van der Waals surface area contributed by atoms with Crippen LogP contribution >= 0.6 is 0 Å². The summed E-state index contributed by atoms with van der Waals surface area (Å²) in [5.41, 5.74) is 2.84. The monoisotopic (exact) mass is 892 g/mol. The topological polar surface area (TPSA) is 217 Å². The van der Waals surface area contributed by atoms with E-state index in [1.54, 1.807) is 30.5 Å². The second-order valence-electron chi connectivity index (χ2n) is 17.4. The maximum absolute atomic E-state index is 13.3. The number of piperidine rings is 1. The zero-order chi connectivity index (χ0) is 45.8. The number of imide groups is 2. The number of piperazine rings is 1. The van der Waals surface area contributed by atoms with Crippen molar-refractivity contribution >= 4 is 74.0 Å². The number of nitrogens with one attached hydrogen (secondary N) is 3. The lowest BCUT2D eigenvalue weighted by molar-refractivity contribution is -0.136. The molecule has 3 aliphatic rings. The largest absolute Gasteiger partial charge is 0.485 e. The number of hydrogen-bond acceptors (Lipinski definition) is 14. The van der Waals surface area contributed by atoms with Gasteiger partial charge in [-0.05, 0) is 86.2 Å². The molecule has 0 saturated carbocycles. The highest BCUT2D eigenvalue weighted by Crippen LogP contribution is 2.34. The van der Waals surface area contributed by atoms with Gasteiger partial charge in [0.1, 0.15) is 24.2 Å². The van der Waals surface area contributed by atoms with Gasteiger partial charge >= 0.3 is 0 Å². The summed E-state index contributed by atoms with van der Waals surface area (Å²) in [5, 5.41) is 8.65. The molecule has 1 aromatic heterocycles. The number of sulfone groups is 1. The van der Waals surface area contributed by atoms with E-state index >= 15 is 0 Å². The van der Waals surface area contributed by atoms with Crippen molar-refractivity contribution in [1.82, 2.24) is 25.1 Å². The number of Topliss-reactive ketones (excluding diaryl/α,β-unsaturated/α-hetero) is 1. The molecule has 3 aromatic carbocycles. The molecule has 18 heteroatoms. The minimum Gasteiger partial charge on any atom is -0.485 e. The number of benzene rings is 3. The summed E-state index contributed by atoms with van der Waals surface area (Å²) in [4.78, 5) is 90.4. The van der Waals surface area contributed by atoms with Gasteiger partial charge in [-0.25, -0.2) is 13.4 Å². The summed E-state index contributed by atoms with van der Waals surface area (Å²) in [6.45, 7) is 9.67. The van der Waals surface area contributed by atoms with Crippen molar-refractivity contribution < 1.29 is 41.9 Å². The Morgan fingerprint density at radius 2 is 1.59 bits per heavy atom. The Morgan fingerprint density at radius 1 is 0.875 bits per heavy atom. The molecule has 64 heavy (non-hydrogen) atoms. The van der Waals surface area contributed by atoms with Crippen LogP contribution in [0.1, 0.15) is 85.6 Å².